The summed E-state index contributed by atoms with van der Waals surface area (Å²) in [6.07, 6.45) is -2.61. The van der Waals surface area contributed by atoms with Crippen molar-refractivity contribution in [1.29, 1.82) is 0 Å². The molecule has 0 radical (unpaired) electrons. The van der Waals surface area contributed by atoms with Crippen LogP contribution in [0.5, 0.6) is 0 Å². The number of hydrogen-bond donors (Lipinski definition) is 0. The number of benzene rings is 4. The monoisotopic (exact) mass is 678 g/mol. The number of carbonyl (C=O) groups is 2. The van der Waals surface area contributed by atoms with Crippen molar-refractivity contribution >= 4 is 11.9 Å². The molecule has 50 heavy (non-hydrogen) atoms. The van der Waals surface area contributed by atoms with Crippen LogP contribution >= 0.6 is 0 Å². The number of carbonyl (C=O) groups excluding carboxylic acids is 2. The number of hydrogen-bond acceptors (Lipinski definition) is 8. The summed E-state index contributed by atoms with van der Waals surface area (Å²) in [5.74, 6) is -1.67. The lowest BCUT2D eigenvalue weighted by Crippen LogP contribution is -2.54. The fourth-order valence-electron chi connectivity index (χ4n) is 7.55. The molecule has 0 N–H and O–H groups in total. The van der Waals surface area contributed by atoms with Crippen LogP contribution in [0.15, 0.2) is 121 Å². The molecule has 0 aliphatic heterocycles. The maximum atomic E-state index is 12.7. The van der Waals surface area contributed by atoms with E-state index >= 15 is 0 Å². The predicted octanol–water partition coefficient (Wildman–Crippen LogP) is 7.09. The summed E-state index contributed by atoms with van der Waals surface area (Å²) < 4.78 is 39.0. The zero-order valence-electron chi connectivity index (χ0n) is 28.7. The first-order chi connectivity index (χ1) is 24.5. The zero-order valence-corrected chi connectivity index (χ0v) is 28.7. The fraction of sp³-hybridized carbons (Fsp3) is 0.381. The molecule has 0 aromatic heterocycles. The number of esters is 2. The van der Waals surface area contributed by atoms with Gasteiger partial charge in [-0.3, -0.25) is 9.59 Å². The highest BCUT2D eigenvalue weighted by Crippen LogP contribution is 2.51. The van der Waals surface area contributed by atoms with E-state index in [1.54, 1.807) is 0 Å². The molecule has 2 fully saturated rings. The molecule has 0 heterocycles. The molecule has 0 amide bonds. The van der Waals surface area contributed by atoms with Crippen LogP contribution in [0.25, 0.3) is 0 Å². The second-order valence-corrected chi connectivity index (χ2v) is 13.2. The van der Waals surface area contributed by atoms with E-state index < -0.39 is 48.4 Å². The second-order valence-electron chi connectivity index (χ2n) is 13.2. The summed E-state index contributed by atoms with van der Waals surface area (Å²) in [7, 11) is 0. The Kier molecular flexibility index (Phi) is 12.5. The first-order valence-electron chi connectivity index (χ1n) is 17.4. The van der Waals surface area contributed by atoms with Gasteiger partial charge in [-0.15, -0.1) is 0 Å². The lowest BCUT2D eigenvalue weighted by Gasteiger charge is -2.45. The van der Waals surface area contributed by atoms with E-state index in [4.69, 9.17) is 28.4 Å². The Morgan fingerprint density at radius 1 is 0.500 bits per heavy atom. The minimum atomic E-state index is -0.777. The molecule has 262 valence electrons. The van der Waals surface area contributed by atoms with Gasteiger partial charge >= 0.3 is 11.9 Å². The standard InChI is InChI=1S/C42H46O8/c1-29(43)49-36-23-35(28-45-24-31-15-7-3-8-16-31)37-38(39(36)50-30(2)44)41(47-26-33-19-11-5-12-20-33)42(48-27-34-21-13-6-14-22-34)40(37)46-25-32-17-9-4-10-18-32/h3-22,35-42H,23-28H2,1-2H3/t35-,36+,37-,38+,39+,40+,41-,42-/m1/s1. The van der Waals surface area contributed by atoms with Crippen LogP contribution in [-0.4, -0.2) is 49.1 Å². The molecule has 6 rings (SSSR count). The van der Waals surface area contributed by atoms with Crippen molar-refractivity contribution < 1.29 is 38.0 Å². The molecule has 2 aliphatic rings. The lowest BCUT2D eigenvalue weighted by atomic mass is 9.69. The Labute approximate surface area is 294 Å². The maximum Gasteiger partial charge on any atom is 0.303 e. The molecule has 0 unspecified atom stereocenters. The molecule has 2 aliphatic carbocycles. The number of rotatable bonds is 15. The van der Waals surface area contributed by atoms with Crippen LogP contribution in [0, 0.1) is 17.8 Å². The van der Waals surface area contributed by atoms with Gasteiger partial charge in [-0.05, 0) is 34.6 Å². The van der Waals surface area contributed by atoms with Gasteiger partial charge in [0.1, 0.15) is 18.3 Å². The summed E-state index contributed by atoms with van der Waals surface area (Å²) >= 11 is 0. The first-order valence-corrected chi connectivity index (χ1v) is 17.4. The van der Waals surface area contributed by atoms with E-state index in [2.05, 4.69) is 0 Å². The molecule has 2 saturated carbocycles. The van der Waals surface area contributed by atoms with Gasteiger partial charge in [0.15, 0.2) is 0 Å². The van der Waals surface area contributed by atoms with Crippen molar-refractivity contribution in [3.63, 3.8) is 0 Å². The fourth-order valence-corrected chi connectivity index (χ4v) is 7.55. The molecular weight excluding hydrogens is 632 g/mol. The Bertz CT molecular complexity index is 1620. The SMILES string of the molecule is CC(=O)O[C@@H]1[C@H]2[C@@H](OCc3ccccc3)[C@H](OCc3ccccc3)[C@@H](OCc3ccccc3)[C@@H]2[C@@H](COCc2ccccc2)C[C@@H]1OC(C)=O. The average Bonchev–Trinajstić information content (AvgIpc) is 3.44. The normalized spacial score (nSPS) is 25.8. The van der Waals surface area contributed by atoms with Crippen molar-refractivity contribution in [3.8, 4) is 0 Å². The molecule has 8 heteroatoms. The van der Waals surface area contributed by atoms with Crippen molar-refractivity contribution in [2.45, 2.75) is 77.2 Å². The Morgan fingerprint density at radius 2 is 0.900 bits per heavy atom. The smallest absolute Gasteiger partial charge is 0.303 e. The summed E-state index contributed by atoms with van der Waals surface area (Å²) in [5, 5.41) is 0. The van der Waals surface area contributed by atoms with Crippen LogP contribution in [0.1, 0.15) is 42.5 Å². The van der Waals surface area contributed by atoms with Gasteiger partial charge < -0.3 is 28.4 Å². The summed E-state index contributed by atoms with van der Waals surface area (Å²) in [5.41, 5.74) is 4.11. The maximum absolute atomic E-state index is 12.7. The van der Waals surface area contributed by atoms with Gasteiger partial charge in [-0.25, -0.2) is 0 Å². The van der Waals surface area contributed by atoms with Gasteiger partial charge in [0, 0.05) is 25.7 Å². The van der Waals surface area contributed by atoms with Gasteiger partial charge in [0.25, 0.3) is 0 Å². The highest BCUT2D eigenvalue weighted by Gasteiger charge is 2.63. The topological polar surface area (TPSA) is 89.5 Å². The predicted molar refractivity (Wildman–Crippen MR) is 187 cm³/mol. The third kappa shape index (κ3) is 9.25. The van der Waals surface area contributed by atoms with Crippen molar-refractivity contribution in [2.75, 3.05) is 6.61 Å². The zero-order chi connectivity index (χ0) is 34.7. The number of ether oxygens (including phenoxy) is 6. The quantitative estimate of drug-likeness (QED) is 0.123. The third-order valence-electron chi connectivity index (χ3n) is 9.59. The minimum Gasteiger partial charge on any atom is -0.459 e. The second kappa shape index (κ2) is 17.5. The highest BCUT2D eigenvalue weighted by atomic mass is 16.6. The summed E-state index contributed by atoms with van der Waals surface area (Å²) in [4.78, 5) is 25.2. The van der Waals surface area contributed by atoms with Gasteiger partial charge in [-0.2, -0.15) is 0 Å². The van der Waals surface area contributed by atoms with Crippen molar-refractivity contribution in [2.24, 2.45) is 17.8 Å². The summed E-state index contributed by atoms with van der Waals surface area (Å²) in [6, 6.07) is 40.0. The van der Waals surface area contributed by atoms with Crippen LogP contribution in [-0.2, 0) is 64.4 Å². The Morgan fingerprint density at radius 3 is 1.34 bits per heavy atom. The van der Waals surface area contributed by atoms with Gasteiger partial charge in [-0.1, -0.05) is 121 Å². The van der Waals surface area contributed by atoms with E-state index in [1.807, 2.05) is 121 Å². The largest absolute Gasteiger partial charge is 0.459 e. The van der Waals surface area contributed by atoms with E-state index in [0.717, 1.165) is 22.3 Å². The van der Waals surface area contributed by atoms with Crippen LogP contribution in [0.4, 0.5) is 0 Å². The minimum absolute atomic E-state index is 0.131. The highest BCUT2D eigenvalue weighted by molar-refractivity contribution is 5.67. The van der Waals surface area contributed by atoms with Crippen LogP contribution in [0.2, 0.25) is 0 Å². The van der Waals surface area contributed by atoms with E-state index in [-0.39, 0.29) is 11.8 Å². The van der Waals surface area contributed by atoms with Crippen molar-refractivity contribution in [1.82, 2.24) is 0 Å². The first kappa shape index (κ1) is 35.5. The van der Waals surface area contributed by atoms with Crippen LogP contribution < -0.4 is 0 Å². The van der Waals surface area contributed by atoms with Gasteiger partial charge in [0.05, 0.1) is 45.2 Å². The molecule has 0 bridgehead atoms. The molecule has 0 spiro atoms. The Balaban J connectivity index is 1.39. The van der Waals surface area contributed by atoms with Gasteiger partial charge in [0.2, 0.25) is 0 Å². The third-order valence-corrected chi connectivity index (χ3v) is 9.59. The van der Waals surface area contributed by atoms with E-state index in [0.29, 0.717) is 39.5 Å². The van der Waals surface area contributed by atoms with E-state index in [1.165, 1.54) is 13.8 Å². The van der Waals surface area contributed by atoms with Crippen LogP contribution in [0.3, 0.4) is 0 Å². The lowest BCUT2D eigenvalue weighted by molar-refractivity contribution is -0.194. The van der Waals surface area contributed by atoms with Crippen molar-refractivity contribution in [3.05, 3.63) is 144 Å². The molecule has 4 aromatic carbocycles. The van der Waals surface area contributed by atoms with E-state index in [9.17, 15) is 9.59 Å². The summed E-state index contributed by atoms with van der Waals surface area (Å²) in [6.45, 7) is 4.58. The molecule has 4 aromatic rings. The molecule has 8 atom stereocenters. The number of fused-ring (bicyclic) bond motifs is 1. The molecule has 0 saturated heterocycles. The molecular formula is C42H46O8. The average molecular weight is 679 g/mol. The Hall–Kier alpha value is -4.34. The molecule has 8 nitrogen and oxygen atoms in total.